The highest BCUT2D eigenvalue weighted by atomic mass is 16.3. The van der Waals surface area contributed by atoms with Crippen LogP contribution in [0, 0.1) is 5.92 Å². The fourth-order valence-corrected chi connectivity index (χ4v) is 2.24. The summed E-state index contributed by atoms with van der Waals surface area (Å²) < 4.78 is 5.72. The molecule has 0 spiro atoms. The van der Waals surface area contributed by atoms with Crippen molar-refractivity contribution in [1.29, 1.82) is 0 Å². The van der Waals surface area contributed by atoms with Crippen molar-refractivity contribution in [3.8, 4) is 0 Å². The monoisotopic (exact) mass is 258 g/mol. The summed E-state index contributed by atoms with van der Waals surface area (Å²) in [6.07, 6.45) is 0. The summed E-state index contributed by atoms with van der Waals surface area (Å²) in [7, 11) is 0. The van der Waals surface area contributed by atoms with Crippen LogP contribution in [0.15, 0.2) is 34.7 Å². The Morgan fingerprint density at radius 1 is 1.47 bits per heavy atom. The van der Waals surface area contributed by atoms with E-state index in [2.05, 4.69) is 10.6 Å². The molecule has 1 fully saturated rings. The Bertz CT molecular complexity index is 554. The van der Waals surface area contributed by atoms with Gasteiger partial charge in [-0.25, -0.2) is 0 Å². The third-order valence-electron chi connectivity index (χ3n) is 3.70. The first kappa shape index (κ1) is 12.2. The van der Waals surface area contributed by atoms with E-state index >= 15 is 0 Å². The minimum atomic E-state index is -0.250. The fraction of sp³-hybridized carbons (Fsp3) is 0.400. The first-order valence-corrected chi connectivity index (χ1v) is 6.71. The minimum absolute atomic E-state index is 0.0333. The molecule has 3 rings (SSSR count). The SMILES string of the molecule is CC(C(=O)NCC1CNC1)c1cc2ccccc2o1. The van der Waals surface area contributed by atoms with Crippen molar-refractivity contribution in [1.82, 2.24) is 10.6 Å². The van der Waals surface area contributed by atoms with Crippen LogP contribution in [0.1, 0.15) is 18.6 Å². The lowest BCUT2D eigenvalue weighted by Gasteiger charge is -2.27. The van der Waals surface area contributed by atoms with E-state index < -0.39 is 0 Å². The average Bonchev–Trinajstić information content (AvgIpc) is 2.79. The Hall–Kier alpha value is -1.81. The molecular formula is C15H18N2O2. The highest BCUT2D eigenvalue weighted by Crippen LogP contribution is 2.25. The maximum Gasteiger partial charge on any atom is 0.230 e. The Balaban J connectivity index is 1.67. The third kappa shape index (κ3) is 2.49. The van der Waals surface area contributed by atoms with Crippen LogP contribution in [-0.4, -0.2) is 25.5 Å². The van der Waals surface area contributed by atoms with Gasteiger partial charge in [-0.15, -0.1) is 0 Å². The van der Waals surface area contributed by atoms with Gasteiger partial charge < -0.3 is 15.1 Å². The van der Waals surface area contributed by atoms with Gasteiger partial charge in [0.1, 0.15) is 11.3 Å². The van der Waals surface area contributed by atoms with Crippen LogP contribution in [-0.2, 0) is 4.79 Å². The quantitative estimate of drug-likeness (QED) is 0.880. The summed E-state index contributed by atoms with van der Waals surface area (Å²) in [5.74, 6) is 1.09. The van der Waals surface area contributed by atoms with E-state index in [1.807, 2.05) is 37.3 Å². The summed E-state index contributed by atoms with van der Waals surface area (Å²) in [5.41, 5.74) is 0.834. The standard InChI is InChI=1S/C15H18N2O2/c1-10(15(18)17-9-11-7-16-8-11)14-6-12-4-2-3-5-13(12)19-14/h2-6,10-11,16H,7-9H2,1H3,(H,17,18). The Morgan fingerprint density at radius 2 is 2.26 bits per heavy atom. The summed E-state index contributed by atoms with van der Waals surface area (Å²) in [5, 5.41) is 7.22. The number of benzene rings is 1. The van der Waals surface area contributed by atoms with Gasteiger partial charge in [0, 0.05) is 30.9 Å². The van der Waals surface area contributed by atoms with Crippen LogP contribution in [0.5, 0.6) is 0 Å². The number of furan rings is 1. The molecule has 0 radical (unpaired) electrons. The number of fused-ring (bicyclic) bond motifs is 1. The van der Waals surface area contributed by atoms with Crippen molar-refractivity contribution >= 4 is 16.9 Å². The molecule has 4 heteroatoms. The zero-order chi connectivity index (χ0) is 13.2. The number of nitrogens with one attached hydrogen (secondary N) is 2. The van der Waals surface area contributed by atoms with Gasteiger partial charge >= 0.3 is 0 Å². The van der Waals surface area contributed by atoms with Crippen molar-refractivity contribution in [3.63, 3.8) is 0 Å². The normalized spacial score (nSPS) is 17.1. The summed E-state index contributed by atoms with van der Waals surface area (Å²) in [6, 6.07) is 9.76. The number of hydrogen-bond donors (Lipinski definition) is 2. The minimum Gasteiger partial charge on any atom is -0.460 e. The molecule has 2 N–H and O–H groups in total. The molecule has 0 saturated carbocycles. The lowest BCUT2D eigenvalue weighted by atomic mass is 10.0. The van der Waals surface area contributed by atoms with Gasteiger partial charge in [-0.2, -0.15) is 0 Å². The second kappa shape index (κ2) is 5.05. The van der Waals surface area contributed by atoms with E-state index in [1.165, 1.54) is 0 Å². The van der Waals surface area contributed by atoms with E-state index in [-0.39, 0.29) is 11.8 Å². The molecule has 2 heterocycles. The fourth-order valence-electron chi connectivity index (χ4n) is 2.24. The topological polar surface area (TPSA) is 54.3 Å². The molecule has 1 saturated heterocycles. The number of amides is 1. The lowest BCUT2D eigenvalue weighted by molar-refractivity contribution is -0.122. The van der Waals surface area contributed by atoms with E-state index in [0.29, 0.717) is 5.92 Å². The predicted octanol–water partition coefficient (Wildman–Crippen LogP) is 1.87. The van der Waals surface area contributed by atoms with E-state index in [4.69, 9.17) is 4.42 Å². The van der Waals surface area contributed by atoms with E-state index in [0.717, 1.165) is 36.4 Å². The molecule has 19 heavy (non-hydrogen) atoms. The number of rotatable bonds is 4. The average molecular weight is 258 g/mol. The van der Waals surface area contributed by atoms with Crippen LogP contribution in [0.2, 0.25) is 0 Å². The zero-order valence-corrected chi connectivity index (χ0v) is 11.0. The first-order chi connectivity index (χ1) is 9.24. The molecule has 1 aliphatic rings. The Morgan fingerprint density at radius 3 is 2.95 bits per heavy atom. The van der Waals surface area contributed by atoms with Crippen LogP contribution in [0.25, 0.3) is 11.0 Å². The van der Waals surface area contributed by atoms with Crippen molar-refractivity contribution in [2.75, 3.05) is 19.6 Å². The van der Waals surface area contributed by atoms with Crippen molar-refractivity contribution in [2.45, 2.75) is 12.8 Å². The molecule has 100 valence electrons. The highest BCUT2D eigenvalue weighted by molar-refractivity contribution is 5.85. The van der Waals surface area contributed by atoms with Crippen LogP contribution >= 0.6 is 0 Å². The maximum atomic E-state index is 12.1. The molecule has 1 unspecified atom stereocenters. The second-order valence-corrected chi connectivity index (χ2v) is 5.18. The van der Waals surface area contributed by atoms with Crippen molar-refractivity contribution in [3.05, 3.63) is 36.1 Å². The van der Waals surface area contributed by atoms with E-state index in [9.17, 15) is 4.79 Å². The number of hydrogen-bond acceptors (Lipinski definition) is 3. The molecule has 1 aliphatic heterocycles. The molecule has 1 amide bonds. The largest absolute Gasteiger partial charge is 0.460 e. The molecule has 0 aliphatic carbocycles. The lowest BCUT2D eigenvalue weighted by Crippen LogP contribution is -2.48. The summed E-state index contributed by atoms with van der Waals surface area (Å²) in [6.45, 7) is 4.63. The first-order valence-electron chi connectivity index (χ1n) is 6.71. The summed E-state index contributed by atoms with van der Waals surface area (Å²) >= 11 is 0. The Kier molecular flexibility index (Phi) is 3.25. The summed E-state index contributed by atoms with van der Waals surface area (Å²) in [4.78, 5) is 12.1. The zero-order valence-electron chi connectivity index (χ0n) is 11.0. The Labute approximate surface area is 112 Å². The molecule has 1 atom stereocenters. The third-order valence-corrected chi connectivity index (χ3v) is 3.70. The number of para-hydroxylation sites is 1. The van der Waals surface area contributed by atoms with Gasteiger partial charge in [-0.05, 0) is 19.1 Å². The highest BCUT2D eigenvalue weighted by Gasteiger charge is 2.22. The molecule has 0 bridgehead atoms. The molecular weight excluding hydrogens is 240 g/mol. The molecule has 1 aromatic carbocycles. The van der Waals surface area contributed by atoms with Gasteiger partial charge in [-0.1, -0.05) is 18.2 Å². The smallest absolute Gasteiger partial charge is 0.230 e. The number of carbonyl (C=O) groups is 1. The van der Waals surface area contributed by atoms with Crippen LogP contribution < -0.4 is 10.6 Å². The maximum absolute atomic E-state index is 12.1. The molecule has 1 aromatic heterocycles. The molecule has 4 nitrogen and oxygen atoms in total. The predicted molar refractivity (Wildman–Crippen MR) is 74.0 cm³/mol. The van der Waals surface area contributed by atoms with E-state index in [1.54, 1.807) is 0 Å². The van der Waals surface area contributed by atoms with Crippen LogP contribution in [0.4, 0.5) is 0 Å². The van der Waals surface area contributed by atoms with Gasteiger partial charge in [0.25, 0.3) is 0 Å². The molecule has 2 aromatic rings. The van der Waals surface area contributed by atoms with Gasteiger partial charge in [-0.3, -0.25) is 4.79 Å². The second-order valence-electron chi connectivity index (χ2n) is 5.18. The van der Waals surface area contributed by atoms with Crippen molar-refractivity contribution in [2.24, 2.45) is 5.92 Å². The van der Waals surface area contributed by atoms with Gasteiger partial charge in [0.2, 0.25) is 5.91 Å². The number of carbonyl (C=O) groups excluding carboxylic acids is 1. The van der Waals surface area contributed by atoms with Crippen LogP contribution in [0.3, 0.4) is 0 Å². The van der Waals surface area contributed by atoms with Gasteiger partial charge in [0.15, 0.2) is 0 Å². The van der Waals surface area contributed by atoms with Crippen molar-refractivity contribution < 1.29 is 9.21 Å². The van der Waals surface area contributed by atoms with Gasteiger partial charge in [0.05, 0.1) is 5.92 Å².